The van der Waals surface area contributed by atoms with Crippen molar-refractivity contribution in [3.8, 4) is 22.7 Å². The van der Waals surface area contributed by atoms with Gasteiger partial charge in [-0.3, -0.25) is 9.69 Å². The number of para-hydroxylation sites is 1. The molecule has 1 aromatic heterocycles. The maximum Gasteiger partial charge on any atom is 0.267 e. The molecular formula is C30H26N4O2S. The van der Waals surface area contributed by atoms with Crippen molar-refractivity contribution in [2.24, 2.45) is 4.99 Å². The molecule has 0 radical (unpaired) electrons. The zero-order valence-corrected chi connectivity index (χ0v) is 21.5. The zero-order valence-electron chi connectivity index (χ0n) is 20.7. The van der Waals surface area contributed by atoms with Crippen LogP contribution in [0.25, 0.3) is 23.0 Å². The molecule has 1 aliphatic heterocycles. The van der Waals surface area contributed by atoms with Gasteiger partial charge in [0.15, 0.2) is 5.17 Å². The number of aromatic nitrogens is 2. The minimum absolute atomic E-state index is 0.107. The molecule has 1 saturated heterocycles. The highest BCUT2D eigenvalue weighted by Crippen LogP contribution is 2.36. The van der Waals surface area contributed by atoms with Crippen LogP contribution in [0, 0.1) is 6.92 Å². The van der Waals surface area contributed by atoms with E-state index in [0.717, 1.165) is 39.5 Å². The van der Waals surface area contributed by atoms with E-state index >= 15 is 0 Å². The standard InChI is InChI=1S/C30H26N4O2S/c1-4-18-33-29(35)27(37-30(33)31-24-14-10-21(2)11-15-24)19-23-20-34(25-8-6-5-7-9-25)32-28(23)22-12-16-26(36-3)17-13-22/h4-17,19-20H,1,18H2,2-3H3/b27-19+,31-30?. The van der Waals surface area contributed by atoms with Gasteiger partial charge in [0.05, 0.1) is 29.1 Å². The van der Waals surface area contributed by atoms with E-state index in [0.29, 0.717) is 16.6 Å². The van der Waals surface area contributed by atoms with Crippen molar-refractivity contribution in [1.29, 1.82) is 0 Å². The van der Waals surface area contributed by atoms with Crippen LogP contribution in [0.3, 0.4) is 0 Å². The summed E-state index contributed by atoms with van der Waals surface area (Å²) in [5.74, 6) is 0.661. The van der Waals surface area contributed by atoms with E-state index < -0.39 is 0 Å². The Bertz CT molecular complexity index is 1490. The van der Waals surface area contributed by atoms with Crippen LogP contribution in [-0.4, -0.2) is 39.4 Å². The van der Waals surface area contributed by atoms with E-state index in [1.54, 1.807) is 18.1 Å². The number of amides is 1. The van der Waals surface area contributed by atoms with Crippen molar-refractivity contribution in [2.75, 3.05) is 13.7 Å². The summed E-state index contributed by atoms with van der Waals surface area (Å²) in [5.41, 5.74) is 5.42. The van der Waals surface area contributed by atoms with Crippen molar-refractivity contribution in [3.63, 3.8) is 0 Å². The van der Waals surface area contributed by atoms with Crippen molar-refractivity contribution < 1.29 is 9.53 Å². The third kappa shape index (κ3) is 5.27. The molecule has 2 heterocycles. The molecule has 6 nitrogen and oxygen atoms in total. The number of nitrogens with zero attached hydrogens (tertiary/aromatic N) is 4. The molecule has 3 aromatic carbocycles. The summed E-state index contributed by atoms with van der Waals surface area (Å²) < 4.78 is 7.15. The Morgan fingerprint density at radius 3 is 2.43 bits per heavy atom. The third-order valence-corrected chi connectivity index (χ3v) is 6.88. The summed E-state index contributed by atoms with van der Waals surface area (Å²) in [5, 5.41) is 5.50. The second kappa shape index (κ2) is 10.7. The fourth-order valence-electron chi connectivity index (χ4n) is 3.93. The SMILES string of the molecule is C=CCN1C(=O)/C(=C\c2cn(-c3ccccc3)nc2-c2ccc(OC)cc2)SC1=Nc1ccc(C)cc1. The molecule has 4 aromatic rings. The van der Waals surface area contributed by atoms with Gasteiger partial charge in [0, 0.05) is 23.9 Å². The second-order valence-corrected chi connectivity index (χ2v) is 9.50. The largest absolute Gasteiger partial charge is 0.497 e. The van der Waals surface area contributed by atoms with Gasteiger partial charge in [0.25, 0.3) is 5.91 Å². The number of hydrogen-bond acceptors (Lipinski definition) is 5. The lowest BCUT2D eigenvalue weighted by molar-refractivity contribution is -0.121. The number of amidine groups is 1. The highest BCUT2D eigenvalue weighted by Gasteiger charge is 2.33. The third-order valence-electron chi connectivity index (χ3n) is 5.87. The number of carbonyl (C=O) groups excluding carboxylic acids is 1. The second-order valence-electron chi connectivity index (χ2n) is 8.49. The lowest BCUT2D eigenvalue weighted by Crippen LogP contribution is -2.29. The summed E-state index contributed by atoms with van der Waals surface area (Å²) in [6.45, 7) is 6.24. The van der Waals surface area contributed by atoms with Crippen molar-refractivity contribution >= 4 is 34.6 Å². The van der Waals surface area contributed by atoms with Gasteiger partial charge in [0.1, 0.15) is 5.75 Å². The Kier molecular flexibility index (Phi) is 7.05. The molecule has 0 spiro atoms. The number of benzene rings is 3. The van der Waals surface area contributed by atoms with Crippen molar-refractivity contribution in [2.45, 2.75) is 6.92 Å². The van der Waals surface area contributed by atoms with Gasteiger partial charge < -0.3 is 4.74 Å². The zero-order chi connectivity index (χ0) is 25.8. The summed E-state index contributed by atoms with van der Waals surface area (Å²) in [6.07, 6.45) is 5.55. The Labute approximate surface area is 220 Å². The smallest absolute Gasteiger partial charge is 0.267 e. The molecule has 184 valence electrons. The molecule has 5 rings (SSSR count). The normalized spacial score (nSPS) is 15.5. The minimum Gasteiger partial charge on any atom is -0.497 e. The number of aryl methyl sites for hydroxylation is 1. The Morgan fingerprint density at radius 1 is 1.03 bits per heavy atom. The lowest BCUT2D eigenvalue weighted by atomic mass is 10.1. The predicted molar refractivity (Wildman–Crippen MR) is 151 cm³/mol. The molecule has 0 bridgehead atoms. The summed E-state index contributed by atoms with van der Waals surface area (Å²) >= 11 is 1.36. The van der Waals surface area contributed by atoms with Crippen LogP contribution in [0.4, 0.5) is 5.69 Å². The fourth-order valence-corrected chi connectivity index (χ4v) is 4.93. The van der Waals surface area contributed by atoms with E-state index in [2.05, 4.69) is 6.58 Å². The number of rotatable bonds is 7. The number of carbonyl (C=O) groups is 1. The molecule has 1 fully saturated rings. The Balaban J connectivity index is 1.57. The molecule has 7 heteroatoms. The fraction of sp³-hybridized carbons (Fsp3) is 0.100. The van der Waals surface area contributed by atoms with Gasteiger partial charge in [-0.2, -0.15) is 5.10 Å². The molecule has 37 heavy (non-hydrogen) atoms. The molecule has 1 aliphatic rings. The van der Waals surface area contributed by atoms with Crippen LogP contribution in [0.5, 0.6) is 5.75 Å². The first-order chi connectivity index (χ1) is 18.1. The molecule has 1 amide bonds. The maximum atomic E-state index is 13.4. The van der Waals surface area contributed by atoms with E-state index in [1.807, 2.05) is 103 Å². The number of ether oxygens (including phenoxy) is 1. The molecule has 0 saturated carbocycles. The van der Waals surface area contributed by atoms with Crippen molar-refractivity contribution in [1.82, 2.24) is 14.7 Å². The molecular weight excluding hydrogens is 480 g/mol. The first-order valence-electron chi connectivity index (χ1n) is 11.8. The molecule has 0 unspecified atom stereocenters. The van der Waals surface area contributed by atoms with Gasteiger partial charge in [-0.25, -0.2) is 9.67 Å². The number of methoxy groups -OCH3 is 1. The lowest BCUT2D eigenvalue weighted by Gasteiger charge is -2.12. The number of thioether (sulfide) groups is 1. The Morgan fingerprint density at radius 2 is 1.76 bits per heavy atom. The number of aliphatic imine (C=N–C) groups is 1. The quantitative estimate of drug-likeness (QED) is 0.208. The predicted octanol–water partition coefficient (Wildman–Crippen LogP) is 6.65. The first kappa shape index (κ1) is 24.3. The van der Waals surface area contributed by atoms with E-state index in [-0.39, 0.29) is 5.91 Å². The average Bonchev–Trinajstić information content (AvgIpc) is 3.48. The first-order valence-corrected chi connectivity index (χ1v) is 12.6. The van der Waals surface area contributed by atoms with Gasteiger partial charge in [0.2, 0.25) is 0 Å². The van der Waals surface area contributed by atoms with Gasteiger partial charge in [-0.15, -0.1) is 6.58 Å². The maximum absolute atomic E-state index is 13.4. The van der Waals surface area contributed by atoms with Crippen LogP contribution in [0.15, 0.2) is 108 Å². The minimum atomic E-state index is -0.107. The van der Waals surface area contributed by atoms with Gasteiger partial charge >= 0.3 is 0 Å². The van der Waals surface area contributed by atoms with Crippen LogP contribution < -0.4 is 4.74 Å². The monoisotopic (exact) mass is 506 g/mol. The topological polar surface area (TPSA) is 59.7 Å². The summed E-state index contributed by atoms with van der Waals surface area (Å²) in [7, 11) is 1.64. The van der Waals surface area contributed by atoms with Crippen LogP contribution in [-0.2, 0) is 4.79 Å². The molecule has 0 N–H and O–H groups in total. The summed E-state index contributed by atoms with van der Waals surface area (Å²) in [6, 6.07) is 25.6. The summed E-state index contributed by atoms with van der Waals surface area (Å²) in [4.78, 5) is 20.4. The average molecular weight is 507 g/mol. The van der Waals surface area contributed by atoms with Gasteiger partial charge in [-0.05, 0) is 73.3 Å². The van der Waals surface area contributed by atoms with Gasteiger partial charge in [-0.1, -0.05) is 42.0 Å². The van der Waals surface area contributed by atoms with E-state index in [4.69, 9.17) is 14.8 Å². The van der Waals surface area contributed by atoms with Crippen LogP contribution in [0.2, 0.25) is 0 Å². The van der Waals surface area contributed by atoms with Crippen LogP contribution in [0.1, 0.15) is 11.1 Å². The highest BCUT2D eigenvalue weighted by atomic mass is 32.2. The Hall–Kier alpha value is -4.36. The van der Waals surface area contributed by atoms with E-state index in [1.165, 1.54) is 11.8 Å². The highest BCUT2D eigenvalue weighted by molar-refractivity contribution is 8.18. The molecule has 0 aliphatic carbocycles. The number of hydrogen-bond donors (Lipinski definition) is 0. The van der Waals surface area contributed by atoms with Crippen LogP contribution >= 0.6 is 11.8 Å². The molecule has 0 atom stereocenters. The van der Waals surface area contributed by atoms with Crippen molar-refractivity contribution in [3.05, 3.63) is 114 Å². The van der Waals surface area contributed by atoms with E-state index in [9.17, 15) is 4.79 Å².